The smallest absolute Gasteiger partial charge is 0.255 e. The van der Waals surface area contributed by atoms with Crippen LogP contribution in [0.1, 0.15) is 5.56 Å². The highest BCUT2D eigenvalue weighted by Crippen LogP contribution is 2.25. The summed E-state index contributed by atoms with van der Waals surface area (Å²) in [5, 5.41) is 8.46. The van der Waals surface area contributed by atoms with Crippen LogP contribution in [0.15, 0.2) is 30.6 Å². The van der Waals surface area contributed by atoms with Gasteiger partial charge in [0, 0.05) is 16.3 Å². The molecule has 0 saturated carbocycles. The molecule has 0 atom stereocenters. The van der Waals surface area contributed by atoms with Crippen LogP contribution >= 0.6 is 23.2 Å². The van der Waals surface area contributed by atoms with Crippen LogP contribution in [0, 0.1) is 6.92 Å². The summed E-state index contributed by atoms with van der Waals surface area (Å²) < 4.78 is 1.61. The predicted octanol–water partition coefficient (Wildman–Crippen LogP) is 3.48. The second-order valence-electron chi connectivity index (χ2n) is 3.98. The Morgan fingerprint density at radius 3 is 2.63 bits per heavy atom. The number of rotatable bonds is 2. The molecule has 0 bridgehead atoms. The van der Waals surface area contributed by atoms with E-state index in [4.69, 9.17) is 23.2 Å². The summed E-state index contributed by atoms with van der Waals surface area (Å²) in [7, 11) is 0. The maximum Gasteiger partial charge on any atom is 0.255 e. The van der Waals surface area contributed by atoms with Gasteiger partial charge in [0.2, 0.25) is 0 Å². The lowest BCUT2D eigenvalue weighted by Gasteiger charge is -2.11. The molecule has 3 rings (SSSR count). The molecule has 2 heterocycles. The number of nitrogens with one attached hydrogen (secondary N) is 1. The standard InChI is InChI=1S/C12H9Cl2N5/c1-7-10(14)18-12-15-6-16-19(12)11(7)17-9-4-2-8(13)3-5-9/h2-6,17H,1H3. The molecule has 3 aromatic rings. The van der Waals surface area contributed by atoms with Gasteiger partial charge in [0.25, 0.3) is 5.78 Å². The Bertz CT molecular complexity index is 736. The number of anilines is 2. The maximum absolute atomic E-state index is 6.09. The average molecular weight is 294 g/mol. The molecule has 96 valence electrons. The highest BCUT2D eigenvalue weighted by Gasteiger charge is 2.12. The van der Waals surface area contributed by atoms with E-state index < -0.39 is 0 Å². The Morgan fingerprint density at radius 2 is 1.89 bits per heavy atom. The lowest BCUT2D eigenvalue weighted by atomic mass is 10.3. The van der Waals surface area contributed by atoms with E-state index >= 15 is 0 Å². The molecule has 0 amide bonds. The van der Waals surface area contributed by atoms with Crippen LogP contribution in [-0.4, -0.2) is 19.6 Å². The SMILES string of the molecule is Cc1c(Cl)nc2ncnn2c1Nc1ccc(Cl)cc1. The molecule has 1 N–H and O–H groups in total. The van der Waals surface area contributed by atoms with Crippen LogP contribution in [0.3, 0.4) is 0 Å². The predicted molar refractivity (Wildman–Crippen MR) is 75.3 cm³/mol. The molecule has 0 fully saturated rings. The van der Waals surface area contributed by atoms with Gasteiger partial charge in [-0.05, 0) is 31.2 Å². The molecule has 5 nitrogen and oxygen atoms in total. The number of hydrogen-bond acceptors (Lipinski definition) is 4. The summed E-state index contributed by atoms with van der Waals surface area (Å²) in [6.45, 7) is 1.87. The topological polar surface area (TPSA) is 55.1 Å². The zero-order valence-electron chi connectivity index (χ0n) is 9.93. The van der Waals surface area contributed by atoms with Gasteiger partial charge < -0.3 is 5.32 Å². The Balaban J connectivity index is 2.11. The Hall–Kier alpha value is -1.85. The van der Waals surface area contributed by atoms with Gasteiger partial charge in [0.05, 0.1) is 0 Å². The van der Waals surface area contributed by atoms with Crippen molar-refractivity contribution in [3.05, 3.63) is 46.3 Å². The van der Waals surface area contributed by atoms with Gasteiger partial charge in [-0.15, -0.1) is 0 Å². The maximum atomic E-state index is 6.09. The molecule has 0 spiro atoms. The highest BCUT2D eigenvalue weighted by molar-refractivity contribution is 6.31. The largest absolute Gasteiger partial charge is 0.340 e. The van der Waals surface area contributed by atoms with E-state index in [9.17, 15) is 0 Å². The third kappa shape index (κ3) is 2.22. The quantitative estimate of drug-likeness (QED) is 0.735. The second kappa shape index (κ2) is 4.68. The van der Waals surface area contributed by atoms with Crippen molar-refractivity contribution >= 4 is 40.5 Å². The minimum absolute atomic E-state index is 0.400. The van der Waals surface area contributed by atoms with E-state index in [1.165, 1.54) is 6.33 Å². The number of hydrogen-bond donors (Lipinski definition) is 1. The lowest BCUT2D eigenvalue weighted by Crippen LogP contribution is -2.04. The van der Waals surface area contributed by atoms with E-state index in [1.807, 2.05) is 19.1 Å². The average Bonchev–Trinajstić information content (AvgIpc) is 2.85. The first kappa shape index (κ1) is 12.2. The summed E-state index contributed by atoms with van der Waals surface area (Å²) >= 11 is 12.0. The van der Waals surface area contributed by atoms with Crippen molar-refractivity contribution in [3.8, 4) is 0 Å². The summed E-state index contributed by atoms with van der Waals surface area (Å²) in [5.41, 5.74) is 1.68. The van der Waals surface area contributed by atoms with Gasteiger partial charge in [-0.1, -0.05) is 23.2 Å². The van der Waals surface area contributed by atoms with E-state index in [2.05, 4.69) is 20.4 Å². The molecule has 7 heteroatoms. The van der Waals surface area contributed by atoms with Crippen LogP contribution in [-0.2, 0) is 0 Å². The molecule has 0 aliphatic carbocycles. The Morgan fingerprint density at radius 1 is 1.16 bits per heavy atom. The molecule has 0 saturated heterocycles. The van der Waals surface area contributed by atoms with Gasteiger partial charge in [0.1, 0.15) is 17.3 Å². The molecule has 2 aromatic heterocycles. The first-order valence-electron chi connectivity index (χ1n) is 5.53. The van der Waals surface area contributed by atoms with Gasteiger partial charge in [-0.25, -0.2) is 0 Å². The zero-order valence-corrected chi connectivity index (χ0v) is 11.4. The first-order valence-corrected chi connectivity index (χ1v) is 6.29. The van der Waals surface area contributed by atoms with Crippen molar-refractivity contribution in [1.82, 2.24) is 19.6 Å². The van der Waals surface area contributed by atoms with Gasteiger partial charge in [0.15, 0.2) is 0 Å². The highest BCUT2D eigenvalue weighted by atomic mass is 35.5. The number of aromatic nitrogens is 4. The van der Waals surface area contributed by atoms with E-state index in [-0.39, 0.29) is 0 Å². The molecule has 1 aromatic carbocycles. The van der Waals surface area contributed by atoms with Crippen molar-refractivity contribution in [2.45, 2.75) is 6.92 Å². The number of nitrogens with zero attached hydrogens (tertiary/aromatic N) is 4. The van der Waals surface area contributed by atoms with Crippen molar-refractivity contribution < 1.29 is 0 Å². The number of benzene rings is 1. The van der Waals surface area contributed by atoms with Crippen molar-refractivity contribution in [3.63, 3.8) is 0 Å². The minimum atomic E-state index is 0.400. The number of fused-ring (bicyclic) bond motifs is 1. The number of halogens is 2. The van der Waals surface area contributed by atoms with Gasteiger partial charge in [-0.2, -0.15) is 19.6 Å². The Kier molecular flexibility index (Phi) is 3.00. The fraction of sp³-hybridized carbons (Fsp3) is 0.0833. The third-order valence-corrected chi connectivity index (χ3v) is 3.33. The minimum Gasteiger partial charge on any atom is -0.340 e. The fourth-order valence-corrected chi connectivity index (χ4v) is 2.01. The molecule has 0 aliphatic rings. The molecule has 0 radical (unpaired) electrons. The monoisotopic (exact) mass is 293 g/mol. The summed E-state index contributed by atoms with van der Waals surface area (Å²) in [4.78, 5) is 8.18. The molecular weight excluding hydrogens is 285 g/mol. The lowest BCUT2D eigenvalue weighted by molar-refractivity contribution is 0.936. The first-order chi connectivity index (χ1) is 9.15. The van der Waals surface area contributed by atoms with Gasteiger partial charge in [-0.3, -0.25) is 0 Å². The van der Waals surface area contributed by atoms with E-state index in [0.717, 1.165) is 17.1 Å². The molecular formula is C12H9Cl2N5. The summed E-state index contributed by atoms with van der Waals surface area (Å²) in [5.74, 6) is 1.18. The molecule has 0 aliphatic heterocycles. The van der Waals surface area contributed by atoms with Crippen LogP contribution in [0.5, 0.6) is 0 Å². The normalized spacial score (nSPS) is 10.9. The van der Waals surface area contributed by atoms with Crippen molar-refractivity contribution in [2.24, 2.45) is 0 Å². The summed E-state index contributed by atoms with van der Waals surface area (Å²) in [6, 6.07) is 7.36. The molecule has 19 heavy (non-hydrogen) atoms. The van der Waals surface area contributed by atoms with Crippen LogP contribution in [0.4, 0.5) is 11.5 Å². The Labute approximate surface area is 119 Å². The van der Waals surface area contributed by atoms with Crippen molar-refractivity contribution in [2.75, 3.05) is 5.32 Å². The van der Waals surface area contributed by atoms with Gasteiger partial charge >= 0.3 is 0 Å². The third-order valence-electron chi connectivity index (χ3n) is 2.71. The molecule has 0 unspecified atom stereocenters. The second-order valence-corrected chi connectivity index (χ2v) is 4.77. The van der Waals surface area contributed by atoms with Crippen molar-refractivity contribution in [1.29, 1.82) is 0 Å². The fourth-order valence-electron chi connectivity index (χ4n) is 1.71. The summed E-state index contributed by atoms with van der Waals surface area (Å²) in [6.07, 6.45) is 1.44. The van der Waals surface area contributed by atoms with E-state index in [0.29, 0.717) is 16.0 Å². The van der Waals surface area contributed by atoms with Crippen LogP contribution in [0.2, 0.25) is 10.2 Å². The van der Waals surface area contributed by atoms with Crippen LogP contribution in [0.25, 0.3) is 5.78 Å². The van der Waals surface area contributed by atoms with Crippen LogP contribution < -0.4 is 5.32 Å². The van der Waals surface area contributed by atoms with E-state index in [1.54, 1.807) is 16.6 Å². The zero-order chi connectivity index (χ0) is 13.4.